The van der Waals surface area contributed by atoms with Crippen LogP contribution < -0.4 is 9.47 Å². The lowest BCUT2D eigenvalue weighted by Crippen LogP contribution is -2.46. The highest BCUT2D eigenvalue weighted by molar-refractivity contribution is 6.28. The van der Waals surface area contributed by atoms with E-state index in [-0.39, 0.29) is 59.9 Å². The Morgan fingerprint density at radius 2 is 1.74 bits per heavy atom. The molecule has 1 heterocycles. The molecule has 8 nitrogen and oxygen atoms in total. The first-order valence-electron chi connectivity index (χ1n) is 14.0. The van der Waals surface area contributed by atoms with E-state index in [2.05, 4.69) is 0 Å². The van der Waals surface area contributed by atoms with Crippen molar-refractivity contribution >= 4 is 23.1 Å². The van der Waals surface area contributed by atoms with E-state index in [1.165, 1.54) is 13.0 Å². The second-order valence-corrected chi connectivity index (χ2v) is 11.3. The molecular weight excluding hydrogens is 536 g/mol. The molecule has 0 radical (unpaired) electrons. The monoisotopic (exact) mass is 564 g/mol. The summed E-state index contributed by atoms with van der Waals surface area (Å²) < 4.78 is 17.0. The molecule has 1 fully saturated rings. The normalized spacial score (nSPS) is 22.5. The van der Waals surface area contributed by atoms with Crippen molar-refractivity contribution in [3.8, 4) is 28.4 Å². The molecule has 4 aliphatic rings. The summed E-state index contributed by atoms with van der Waals surface area (Å²) in [6.07, 6.45) is 1.11. The van der Waals surface area contributed by atoms with Crippen molar-refractivity contribution in [3.05, 3.63) is 94.3 Å². The molecule has 3 unspecified atom stereocenters. The van der Waals surface area contributed by atoms with E-state index in [0.717, 1.165) is 16.7 Å². The van der Waals surface area contributed by atoms with Crippen LogP contribution in [0.4, 0.5) is 0 Å². The Kier molecular flexibility index (Phi) is 6.15. The molecule has 3 atom stereocenters. The van der Waals surface area contributed by atoms with E-state index in [1.54, 1.807) is 6.07 Å². The van der Waals surface area contributed by atoms with Crippen molar-refractivity contribution in [3.63, 3.8) is 0 Å². The fraction of sp³-hybridized carbons (Fsp3) is 0.265. The average molecular weight is 565 g/mol. The van der Waals surface area contributed by atoms with Gasteiger partial charge in [0.15, 0.2) is 28.8 Å². The Balaban J connectivity index is 1.26. The van der Waals surface area contributed by atoms with Gasteiger partial charge in [-0.1, -0.05) is 42.5 Å². The smallest absolute Gasteiger partial charge is 0.231 e. The summed E-state index contributed by atoms with van der Waals surface area (Å²) in [6.45, 7) is 1.65. The van der Waals surface area contributed by atoms with Gasteiger partial charge in [0.25, 0.3) is 0 Å². The zero-order valence-corrected chi connectivity index (χ0v) is 22.9. The van der Waals surface area contributed by atoms with Gasteiger partial charge in [-0.3, -0.25) is 14.4 Å². The van der Waals surface area contributed by atoms with Crippen LogP contribution in [0, 0.1) is 17.8 Å². The third-order valence-electron chi connectivity index (χ3n) is 8.80. The summed E-state index contributed by atoms with van der Waals surface area (Å²) >= 11 is 0. The number of hydrogen-bond donors (Lipinski definition) is 2. The number of phenols is 1. The van der Waals surface area contributed by atoms with Crippen molar-refractivity contribution in [2.75, 3.05) is 6.79 Å². The molecule has 0 bridgehead atoms. The van der Waals surface area contributed by atoms with Crippen LogP contribution >= 0.6 is 0 Å². The summed E-state index contributed by atoms with van der Waals surface area (Å²) in [7, 11) is 0. The van der Waals surface area contributed by atoms with Crippen LogP contribution in [-0.4, -0.2) is 34.4 Å². The zero-order chi connectivity index (χ0) is 29.1. The van der Waals surface area contributed by atoms with Gasteiger partial charge in [0.05, 0.1) is 17.1 Å². The maximum absolute atomic E-state index is 13.9. The topological polar surface area (TPSA) is 119 Å². The number of benzene rings is 3. The van der Waals surface area contributed by atoms with E-state index in [0.29, 0.717) is 35.7 Å². The summed E-state index contributed by atoms with van der Waals surface area (Å²) in [5.74, 6) is -2.22. The quantitative estimate of drug-likeness (QED) is 0.310. The highest BCUT2D eigenvalue weighted by Crippen LogP contribution is 2.52. The molecule has 1 aliphatic heterocycles. The molecule has 0 spiro atoms. The maximum atomic E-state index is 13.9. The number of rotatable bonds is 5. The van der Waals surface area contributed by atoms with Gasteiger partial charge in [0.1, 0.15) is 23.9 Å². The number of allylic oxidation sites excluding steroid dienone is 3. The molecule has 0 amide bonds. The lowest BCUT2D eigenvalue weighted by Gasteiger charge is -2.41. The fourth-order valence-corrected chi connectivity index (χ4v) is 6.94. The number of carbonyl (C=O) groups excluding carboxylic acids is 3. The average Bonchev–Trinajstić information content (AvgIpc) is 3.44. The number of Topliss-reactive ketones (excluding diaryl/α,β-unsaturated/α-hetero) is 3. The first-order chi connectivity index (χ1) is 20.3. The van der Waals surface area contributed by atoms with Crippen LogP contribution in [0.25, 0.3) is 16.9 Å². The molecule has 0 saturated heterocycles. The van der Waals surface area contributed by atoms with Gasteiger partial charge in [-0.25, -0.2) is 0 Å². The summed E-state index contributed by atoms with van der Waals surface area (Å²) in [6, 6.07) is 18.3. The number of aromatic hydroxyl groups is 1. The Labute approximate surface area is 241 Å². The van der Waals surface area contributed by atoms with Crippen LogP contribution in [0.15, 0.2) is 77.6 Å². The molecule has 3 aromatic carbocycles. The maximum Gasteiger partial charge on any atom is 0.231 e. The van der Waals surface area contributed by atoms with Gasteiger partial charge in [0, 0.05) is 12.0 Å². The lowest BCUT2D eigenvalue weighted by molar-refractivity contribution is -0.135. The number of aliphatic hydroxyl groups excluding tert-OH is 1. The first kappa shape index (κ1) is 26.1. The predicted molar refractivity (Wildman–Crippen MR) is 152 cm³/mol. The van der Waals surface area contributed by atoms with E-state index in [1.807, 2.05) is 48.5 Å². The molecule has 2 N–H and O–H groups in total. The number of phenolic OH excluding ortho intramolecular Hbond substituents is 1. The first-order valence-corrected chi connectivity index (χ1v) is 14.0. The van der Waals surface area contributed by atoms with Crippen molar-refractivity contribution in [2.45, 2.75) is 32.8 Å². The standard InChI is InChI=1S/C34H28O8/c1-17(35)28-27(40-15-18-5-3-2-4-6-18)14-21-11-20-12-23-22(19-7-10-25-26(13-19)42-16-41-25)8-9-24(36)31(23)34(39)29(20)33(38)30(21)32(28)37/h2-10,13,20-21,30,36,39H,11-12,14-16H2,1H3. The minimum absolute atomic E-state index is 0.0803. The second-order valence-electron chi connectivity index (χ2n) is 11.3. The van der Waals surface area contributed by atoms with Crippen molar-refractivity contribution < 1.29 is 38.8 Å². The van der Waals surface area contributed by atoms with E-state index < -0.39 is 23.3 Å². The molecule has 42 heavy (non-hydrogen) atoms. The van der Waals surface area contributed by atoms with Gasteiger partial charge < -0.3 is 24.4 Å². The second kappa shape index (κ2) is 9.91. The number of ether oxygens (including phenoxy) is 3. The fourth-order valence-electron chi connectivity index (χ4n) is 6.94. The Bertz CT molecular complexity index is 1730. The number of hydrogen-bond acceptors (Lipinski definition) is 8. The highest BCUT2D eigenvalue weighted by atomic mass is 16.7. The molecule has 8 heteroatoms. The molecule has 1 saturated carbocycles. The van der Waals surface area contributed by atoms with E-state index in [9.17, 15) is 24.6 Å². The third-order valence-corrected chi connectivity index (χ3v) is 8.80. The van der Waals surface area contributed by atoms with Gasteiger partial charge in [-0.15, -0.1) is 0 Å². The molecule has 0 aromatic heterocycles. The third kappa shape index (κ3) is 4.09. The van der Waals surface area contributed by atoms with Gasteiger partial charge in [-0.05, 0) is 72.1 Å². The number of fused-ring (bicyclic) bond motifs is 4. The molecule has 3 aliphatic carbocycles. The number of ketones is 3. The molecule has 7 rings (SSSR count). The SMILES string of the molecule is CC(=O)C1=C(OCc2ccccc2)CC2CC3Cc4c(-c5ccc6c(c5)OCO6)ccc(O)c4C(O)=C3C(=O)C2C1=O. The molecule has 3 aromatic rings. The molecule has 212 valence electrons. The summed E-state index contributed by atoms with van der Waals surface area (Å²) in [5, 5.41) is 22.3. The van der Waals surface area contributed by atoms with Gasteiger partial charge in [0.2, 0.25) is 6.79 Å². The van der Waals surface area contributed by atoms with Crippen molar-refractivity contribution in [1.29, 1.82) is 0 Å². The highest BCUT2D eigenvalue weighted by Gasteiger charge is 2.52. The van der Waals surface area contributed by atoms with Gasteiger partial charge >= 0.3 is 0 Å². The van der Waals surface area contributed by atoms with E-state index >= 15 is 0 Å². The van der Waals surface area contributed by atoms with Crippen molar-refractivity contribution in [2.24, 2.45) is 17.8 Å². The molecular formula is C34H28O8. The van der Waals surface area contributed by atoms with Crippen LogP contribution in [0.2, 0.25) is 0 Å². The minimum atomic E-state index is -1.08. The number of carbonyl (C=O) groups is 3. The summed E-state index contributed by atoms with van der Waals surface area (Å²) in [5.41, 5.74) is 3.50. The van der Waals surface area contributed by atoms with Crippen LogP contribution in [-0.2, 0) is 32.1 Å². The van der Waals surface area contributed by atoms with Crippen molar-refractivity contribution in [1.82, 2.24) is 0 Å². The number of aliphatic hydroxyl groups is 1. The van der Waals surface area contributed by atoms with Crippen LogP contribution in [0.1, 0.15) is 36.5 Å². The largest absolute Gasteiger partial charge is 0.507 e. The summed E-state index contributed by atoms with van der Waals surface area (Å²) in [4.78, 5) is 40.3. The zero-order valence-electron chi connectivity index (χ0n) is 22.9. The minimum Gasteiger partial charge on any atom is -0.507 e. The predicted octanol–water partition coefficient (Wildman–Crippen LogP) is 5.47. The van der Waals surface area contributed by atoms with Crippen LogP contribution in [0.5, 0.6) is 17.2 Å². The van der Waals surface area contributed by atoms with E-state index in [4.69, 9.17) is 14.2 Å². The Morgan fingerprint density at radius 3 is 2.52 bits per heavy atom. The Hall–Kier alpha value is -4.85. The van der Waals surface area contributed by atoms with Crippen LogP contribution in [0.3, 0.4) is 0 Å². The lowest BCUT2D eigenvalue weighted by atomic mass is 9.60. The van der Waals surface area contributed by atoms with Gasteiger partial charge in [-0.2, -0.15) is 0 Å². The Morgan fingerprint density at radius 1 is 0.952 bits per heavy atom.